The molecule has 1 saturated heterocycles. The normalized spacial score (nSPS) is 18.2. The molecule has 0 aromatic heterocycles. The quantitative estimate of drug-likeness (QED) is 0.885. The fourth-order valence-corrected chi connectivity index (χ4v) is 5.02. The second-order valence-corrected chi connectivity index (χ2v) is 8.95. The summed E-state index contributed by atoms with van der Waals surface area (Å²) >= 11 is 6.10. The fourth-order valence-electron chi connectivity index (χ4n) is 3.31. The lowest BCUT2D eigenvalue weighted by atomic mass is 10.1. The standard InChI is InChI=1S/C19H23ClN2O2S/c1-15-8-9-18(14-19(15)20)25(23,24)22-12-10-21(11-13-22)16(2)17-6-4-3-5-7-17/h3-9,14,16H,10-13H2,1-2H3/p+1/t16-/m0/s1. The molecule has 4 nitrogen and oxygen atoms in total. The molecule has 2 aromatic rings. The van der Waals surface area contributed by atoms with Gasteiger partial charge in [-0.2, -0.15) is 4.31 Å². The van der Waals surface area contributed by atoms with Crippen LogP contribution >= 0.6 is 11.6 Å². The minimum absolute atomic E-state index is 0.280. The first-order valence-corrected chi connectivity index (χ1v) is 10.4. The van der Waals surface area contributed by atoms with E-state index in [0.29, 0.717) is 24.2 Å². The molecule has 1 atom stereocenters. The molecule has 0 unspecified atom stereocenters. The number of nitrogens with one attached hydrogen (secondary N) is 1. The first-order valence-electron chi connectivity index (χ1n) is 8.55. The van der Waals surface area contributed by atoms with Crippen LogP contribution in [0.4, 0.5) is 0 Å². The molecule has 0 spiro atoms. The Bertz CT molecular complexity index is 832. The van der Waals surface area contributed by atoms with E-state index in [9.17, 15) is 8.42 Å². The largest absolute Gasteiger partial charge is 0.327 e. The van der Waals surface area contributed by atoms with Gasteiger partial charge in [-0.25, -0.2) is 8.42 Å². The van der Waals surface area contributed by atoms with E-state index in [2.05, 4.69) is 19.1 Å². The van der Waals surface area contributed by atoms with Crippen LogP contribution in [0.2, 0.25) is 5.02 Å². The Morgan fingerprint density at radius 3 is 2.32 bits per heavy atom. The fraction of sp³-hybridized carbons (Fsp3) is 0.368. The van der Waals surface area contributed by atoms with E-state index in [4.69, 9.17) is 11.6 Å². The molecule has 1 fully saturated rings. The van der Waals surface area contributed by atoms with Gasteiger partial charge in [0.1, 0.15) is 6.04 Å². The summed E-state index contributed by atoms with van der Waals surface area (Å²) in [6.45, 7) is 6.73. The molecule has 0 aliphatic carbocycles. The molecule has 3 rings (SSSR count). The predicted octanol–water partition coefficient (Wildman–Crippen LogP) is 2.30. The molecule has 6 heteroatoms. The second kappa shape index (κ2) is 7.46. The summed E-state index contributed by atoms with van der Waals surface area (Å²) in [5, 5.41) is 0.489. The van der Waals surface area contributed by atoms with Gasteiger partial charge < -0.3 is 4.90 Å². The number of hydrogen-bond donors (Lipinski definition) is 1. The van der Waals surface area contributed by atoms with E-state index in [1.165, 1.54) is 10.5 Å². The van der Waals surface area contributed by atoms with E-state index < -0.39 is 10.0 Å². The van der Waals surface area contributed by atoms with Crippen molar-refractivity contribution in [1.29, 1.82) is 0 Å². The summed E-state index contributed by atoms with van der Waals surface area (Å²) in [6, 6.07) is 15.7. The highest BCUT2D eigenvalue weighted by atomic mass is 35.5. The number of piperazine rings is 1. The zero-order chi connectivity index (χ0) is 18.0. The van der Waals surface area contributed by atoms with Gasteiger partial charge in [0.15, 0.2) is 0 Å². The van der Waals surface area contributed by atoms with Gasteiger partial charge in [0.05, 0.1) is 31.1 Å². The molecule has 0 bridgehead atoms. The van der Waals surface area contributed by atoms with E-state index >= 15 is 0 Å². The van der Waals surface area contributed by atoms with Crippen molar-refractivity contribution in [1.82, 2.24) is 4.31 Å². The monoisotopic (exact) mass is 379 g/mol. The average molecular weight is 380 g/mol. The van der Waals surface area contributed by atoms with Crippen molar-refractivity contribution in [2.75, 3.05) is 26.2 Å². The van der Waals surface area contributed by atoms with Crippen LogP contribution in [0.1, 0.15) is 24.1 Å². The van der Waals surface area contributed by atoms with E-state index in [0.717, 1.165) is 18.7 Å². The molecule has 0 amide bonds. The van der Waals surface area contributed by atoms with Crippen molar-refractivity contribution in [3.05, 3.63) is 64.7 Å². The zero-order valence-corrected chi connectivity index (χ0v) is 16.1. The Hall–Kier alpha value is -1.40. The number of hydrogen-bond acceptors (Lipinski definition) is 2. The summed E-state index contributed by atoms with van der Waals surface area (Å²) in [5.41, 5.74) is 2.17. The van der Waals surface area contributed by atoms with Crippen molar-refractivity contribution >= 4 is 21.6 Å². The third-order valence-corrected chi connectivity index (χ3v) is 7.36. The highest BCUT2D eigenvalue weighted by molar-refractivity contribution is 7.89. The lowest BCUT2D eigenvalue weighted by Crippen LogP contribution is -3.14. The number of rotatable bonds is 4. The van der Waals surface area contributed by atoms with Crippen LogP contribution < -0.4 is 4.90 Å². The van der Waals surface area contributed by atoms with Gasteiger partial charge in [-0.3, -0.25) is 0 Å². The molecule has 1 heterocycles. The maximum atomic E-state index is 12.9. The molecular weight excluding hydrogens is 356 g/mol. The lowest BCUT2D eigenvalue weighted by Gasteiger charge is -2.35. The maximum absolute atomic E-state index is 12.9. The number of quaternary nitrogens is 1. The highest BCUT2D eigenvalue weighted by Gasteiger charge is 2.32. The predicted molar refractivity (Wildman–Crippen MR) is 101 cm³/mol. The van der Waals surface area contributed by atoms with Crippen molar-refractivity contribution in [3.8, 4) is 0 Å². The first kappa shape index (κ1) is 18.4. The Morgan fingerprint density at radius 2 is 1.72 bits per heavy atom. The first-order chi connectivity index (χ1) is 11.9. The van der Waals surface area contributed by atoms with Gasteiger partial charge in [0.25, 0.3) is 0 Å². The van der Waals surface area contributed by atoms with Crippen LogP contribution in [0.25, 0.3) is 0 Å². The van der Waals surface area contributed by atoms with Gasteiger partial charge in [-0.1, -0.05) is 48.0 Å². The SMILES string of the molecule is Cc1ccc(S(=O)(=O)N2CC[NH+]([C@@H](C)c3ccccc3)CC2)cc1Cl. The minimum atomic E-state index is -3.48. The summed E-state index contributed by atoms with van der Waals surface area (Å²) in [6.07, 6.45) is 0. The molecule has 2 aromatic carbocycles. The van der Waals surface area contributed by atoms with Gasteiger partial charge in [-0.05, 0) is 31.5 Å². The minimum Gasteiger partial charge on any atom is -0.327 e. The summed E-state index contributed by atoms with van der Waals surface area (Å²) in [7, 11) is -3.48. The van der Waals surface area contributed by atoms with Crippen LogP contribution in [0.3, 0.4) is 0 Å². The van der Waals surface area contributed by atoms with Crippen LogP contribution in [0, 0.1) is 6.92 Å². The van der Waals surface area contributed by atoms with E-state index in [1.54, 1.807) is 22.5 Å². The molecule has 134 valence electrons. The molecule has 0 saturated carbocycles. The second-order valence-electron chi connectivity index (χ2n) is 6.61. The third kappa shape index (κ3) is 3.90. The van der Waals surface area contributed by atoms with Crippen LogP contribution in [0.15, 0.2) is 53.4 Å². The molecule has 1 N–H and O–H groups in total. The highest BCUT2D eigenvalue weighted by Crippen LogP contribution is 2.23. The van der Waals surface area contributed by atoms with Crippen LogP contribution in [-0.2, 0) is 10.0 Å². The van der Waals surface area contributed by atoms with Gasteiger partial charge >= 0.3 is 0 Å². The summed E-state index contributed by atoms with van der Waals surface area (Å²) in [5.74, 6) is 0. The van der Waals surface area contributed by atoms with E-state index in [1.807, 2.05) is 25.1 Å². The molecule has 0 radical (unpaired) electrons. The number of benzene rings is 2. The number of sulfonamides is 1. The number of nitrogens with zero attached hydrogens (tertiary/aromatic N) is 1. The summed E-state index contributed by atoms with van der Waals surface area (Å²) in [4.78, 5) is 1.70. The Balaban J connectivity index is 1.70. The van der Waals surface area contributed by atoms with Crippen molar-refractivity contribution < 1.29 is 13.3 Å². The maximum Gasteiger partial charge on any atom is 0.243 e. The lowest BCUT2D eigenvalue weighted by molar-refractivity contribution is -0.933. The van der Waals surface area contributed by atoms with Crippen molar-refractivity contribution in [2.45, 2.75) is 24.8 Å². The van der Waals surface area contributed by atoms with Gasteiger partial charge in [0.2, 0.25) is 10.0 Å². The Morgan fingerprint density at radius 1 is 1.08 bits per heavy atom. The topological polar surface area (TPSA) is 41.8 Å². The Kier molecular flexibility index (Phi) is 5.49. The van der Waals surface area contributed by atoms with E-state index in [-0.39, 0.29) is 4.90 Å². The van der Waals surface area contributed by atoms with Gasteiger partial charge in [0, 0.05) is 10.6 Å². The molecule has 1 aliphatic heterocycles. The molecule has 1 aliphatic rings. The van der Waals surface area contributed by atoms with Crippen molar-refractivity contribution in [3.63, 3.8) is 0 Å². The third-order valence-electron chi connectivity index (χ3n) is 5.06. The molecule has 25 heavy (non-hydrogen) atoms. The smallest absolute Gasteiger partial charge is 0.243 e. The number of halogens is 1. The zero-order valence-electron chi connectivity index (χ0n) is 14.6. The van der Waals surface area contributed by atoms with Crippen LogP contribution in [0.5, 0.6) is 0 Å². The summed E-state index contributed by atoms with van der Waals surface area (Å²) < 4.78 is 27.3. The van der Waals surface area contributed by atoms with Crippen LogP contribution in [-0.4, -0.2) is 38.9 Å². The number of aryl methyl sites for hydroxylation is 1. The van der Waals surface area contributed by atoms with Gasteiger partial charge in [-0.15, -0.1) is 0 Å². The molecular formula is C19H24ClN2O2S+. The van der Waals surface area contributed by atoms with Crippen molar-refractivity contribution in [2.24, 2.45) is 0 Å². The Labute approximate surface area is 155 Å². The average Bonchev–Trinajstić information content (AvgIpc) is 2.64.